The maximum absolute atomic E-state index is 11.0. The minimum absolute atomic E-state index is 0.218. The van der Waals surface area contributed by atoms with Crippen molar-refractivity contribution in [2.75, 3.05) is 6.61 Å². The molecule has 0 heterocycles. The van der Waals surface area contributed by atoms with Gasteiger partial charge in [-0.05, 0) is 67.1 Å². The van der Waals surface area contributed by atoms with E-state index >= 15 is 0 Å². The molecule has 1 saturated carbocycles. The summed E-state index contributed by atoms with van der Waals surface area (Å²) in [5.41, 5.74) is 1.96. The van der Waals surface area contributed by atoms with Crippen LogP contribution >= 0.6 is 0 Å². The van der Waals surface area contributed by atoms with Crippen molar-refractivity contribution in [1.29, 1.82) is 0 Å². The fourth-order valence-electron chi connectivity index (χ4n) is 4.82. The molecule has 0 aliphatic heterocycles. The molecule has 0 saturated heterocycles. The molecule has 0 radical (unpaired) electrons. The summed E-state index contributed by atoms with van der Waals surface area (Å²) < 4.78 is 6.03. The van der Waals surface area contributed by atoms with Crippen LogP contribution in [0, 0.1) is 17.3 Å². The Balaban J connectivity index is 1.48. The largest absolute Gasteiger partial charge is 0.490 e. The van der Waals surface area contributed by atoms with Crippen LogP contribution in [-0.2, 0) is 9.53 Å². The van der Waals surface area contributed by atoms with Crippen molar-refractivity contribution in [3.63, 3.8) is 0 Å². The molecule has 0 aromatic carbocycles. The standard InChI is InChI=1S/C22H32O3/c1-2-18(14-21(23)24)19-6-8-20(9-7-19)25-16-17-10-13-22(15-17)11-4-3-5-12-22/h6,8-9,15,18-19H,2-5,7,10-14,16H2,1H3,(H,23,24). The van der Waals surface area contributed by atoms with Crippen molar-refractivity contribution < 1.29 is 14.6 Å². The van der Waals surface area contributed by atoms with E-state index in [4.69, 9.17) is 9.84 Å². The van der Waals surface area contributed by atoms with Crippen molar-refractivity contribution in [3.8, 4) is 0 Å². The Morgan fingerprint density at radius 2 is 2.12 bits per heavy atom. The van der Waals surface area contributed by atoms with E-state index in [0.29, 0.717) is 11.3 Å². The average Bonchev–Trinajstić information content (AvgIpc) is 3.01. The van der Waals surface area contributed by atoms with Gasteiger partial charge in [0.15, 0.2) is 0 Å². The third kappa shape index (κ3) is 4.77. The zero-order chi connectivity index (χ0) is 17.7. The van der Waals surface area contributed by atoms with Crippen LogP contribution in [0.4, 0.5) is 0 Å². The first kappa shape index (κ1) is 18.3. The Bertz CT molecular complexity index is 564. The minimum Gasteiger partial charge on any atom is -0.490 e. The highest BCUT2D eigenvalue weighted by Gasteiger charge is 2.34. The molecule has 3 nitrogen and oxygen atoms in total. The summed E-state index contributed by atoms with van der Waals surface area (Å²) in [7, 11) is 0. The normalized spacial score (nSPS) is 26.2. The Kier molecular flexibility index (Phi) is 6.03. The molecule has 3 rings (SSSR count). The molecule has 0 bridgehead atoms. The molecule has 3 aliphatic rings. The number of hydrogen-bond donors (Lipinski definition) is 1. The minimum atomic E-state index is -0.698. The average molecular weight is 344 g/mol. The molecular formula is C22H32O3. The maximum atomic E-state index is 11.0. The number of allylic oxidation sites excluding steroid dienone is 4. The van der Waals surface area contributed by atoms with Crippen LogP contribution < -0.4 is 0 Å². The smallest absolute Gasteiger partial charge is 0.303 e. The second-order valence-corrected chi connectivity index (χ2v) is 8.15. The lowest BCUT2D eigenvalue weighted by molar-refractivity contribution is -0.138. The van der Waals surface area contributed by atoms with Crippen LogP contribution in [0.3, 0.4) is 0 Å². The zero-order valence-corrected chi connectivity index (χ0v) is 15.5. The molecule has 1 spiro atoms. The van der Waals surface area contributed by atoms with Crippen LogP contribution in [0.15, 0.2) is 35.6 Å². The topological polar surface area (TPSA) is 46.5 Å². The van der Waals surface area contributed by atoms with E-state index in [1.807, 2.05) is 6.08 Å². The number of hydrogen-bond acceptors (Lipinski definition) is 2. The quantitative estimate of drug-likeness (QED) is 0.608. The van der Waals surface area contributed by atoms with E-state index in [1.54, 1.807) is 0 Å². The summed E-state index contributed by atoms with van der Waals surface area (Å²) in [5, 5.41) is 9.04. The molecular weight excluding hydrogens is 312 g/mol. The van der Waals surface area contributed by atoms with Gasteiger partial charge in [-0.15, -0.1) is 0 Å². The van der Waals surface area contributed by atoms with E-state index in [-0.39, 0.29) is 12.3 Å². The molecule has 138 valence electrons. The summed E-state index contributed by atoms with van der Waals surface area (Å²) >= 11 is 0. The van der Waals surface area contributed by atoms with E-state index in [9.17, 15) is 4.79 Å². The lowest BCUT2D eigenvalue weighted by Gasteiger charge is -2.31. The van der Waals surface area contributed by atoms with Gasteiger partial charge >= 0.3 is 5.97 Å². The molecule has 2 atom stereocenters. The number of carboxylic acids is 1. The van der Waals surface area contributed by atoms with Crippen molar-refractivity contribution in [3.05, 3.63) is 35.6 Å². The Morgan fingerprint density at radius 3 is 2.76 bits per heavy atom. The maximum Gasteiger partial charge on any atom is 0.303 e. The molecule has 3 aliphatic carbocycles. The molecule has 0 amide bonds. The van der Waals surface area contributed by atoms with Gasteiger partial charge in [-0.3, -0.25) is 4.79 Å². The second kappa shape index (κ2) is 8.25. The number of ether oxygens (including phenoxy) is 1. The lowest BCUT2D eigenvalue weighted by atomic mass is 9.74. The van der Waals surface area contributed by atoms with Crippen LogP contribution in [0.5, 0.6) is 0 Å². The van der Waals surface area contributed by atoms with Gasteiger partial charge in [0.1, 0.15) is 12.4 Å². The van der Waals surface area contributed by atoms with Gasteiger partial charge in [0.2, 0.25) is 0 Å². The molecule has 0 aromatic rings. The SMILES string of the molecule is CCC(CC(=O)O)C1C=CC(OCC2=CC3(CCCCC3)CC2)=CC1. The lowest BCUT2D eigenvalue weighted by Crippen LogP contribution is -2.18. The van der Waals surface area contributed by atoms with Crippen LogP contribution in [0.25, 0.3) is 0 Å². The van der Waals surface area contributed by atoms with Crippen LogP contribution in [0.1, 0.15) is 71.1 Å². The van der Waals surface area contributed by atoms with Gasteiger partial charge in [0.25, 0.3) is 0 Å². The monoisotopic (exact) mass is 344 g/mol. The number of rotatable bonds is 7. The van der Waals surface area contributed by atoms with Gasteiger partial charge in [-0.2, -0.15) is 0 Å². The van der Waals surface area contributed by atoms with Crippen molar-refractivity contribution in [1.82, 2.24) is 0 Å². The first-order valence-electron chi connectivity index (χ1n) is 10.0. The molecule has 1 N–H and O–H groups in total. The molecule has 2 unspecified atom stereocenters. The number of aliphatic carboxylic acids is 1. The van der Waals surface area contributed by atoms with Crippen molar-refractivity contribution in [2.24, 2.45) is 17.3 Å². The number of carbonyl (C=O) groups is 1. The molecule has 25 heavy (non-hydrogen) atoms. The summed E-state index contributed by atoms with van der Waals surface area (Å²) in [6.45, 7) is 2.79. The third-order valence-electron chi connectivity index (χ3n) is 6.39. The highest BCUT2D eigenvalue weighted by atomic mass is 16.5. The van der Waals surface area contributed by atoms with Gasteiger partial charge < -0.3 is 9.84 Å². The summed E-state index contributed by atoms with van der Waals surface area (Å²) in [5.74, 6) is 0.794. The van der Waals surface area contributed by atoms with Crippen LogP contribution in [-0.4, -0.2) is 17.7 Å². The van der Waals surface area contributed by atoms with Gasteiger partial charge in [0, 0.05) is 6.42 Å². The zero-order valence-electron chi connectivity index (χ0n) is 15.5. The predicted octanol–water partition coefficient (Wildman–Crippen LogP) is 5.63. The predicted molar refractivity (Wildman–Crippen MR) is 100 cm³/mol. The third-order valence-corrected chi connectivity index (χ3v) is 6.39. The number of carboxylic acid groups (broad SMARTS) is 1. The summed E-state index contributed by atoms with van der Waals surface area (Å²) in [6.07, 6.45) is 20.3. The Morgan fingerprint density at radius 1 is 1.32 bits per heavy atom. The second-order valence-electron chi connectivity index (χ2n) is 8.15. The van der Waals surface area contributed by atoms with E-state index in [0.717, 1.165) is 25.2 Å². The Hall–Kier alpha value is -1.51. The van der Waals surface area contributed by atoms with E-state index in [1.165, 1.54) is 50.5 Å². The summed E-state index contributed by atoms with van der Waals surface area (Å²) in [4.78, 5) is 11.0. The van der Waals surface area contributed by atoms with E-state index < -0.39 is 5.97 Å². The molecule has 3 heteroatoms. The van der Waals surface area contributed by atoms with Gasteiger partial charge in [-0.1, -0.05) is 44.8 Å². The first-order chi connectivity index (χ1) is 12.1. The van der Waals surface area contributed by atoms with Crippen molar-refractivity contribution in [2.45, 2.75) is 71.1 Å². The van der Waals surface area contributed by atoms with E-state index in [2.05, 4.69) is 25.2 Å². The highest BCUT2D eigenvalue weighted by molar-refractivity contribution is 5.67. The first-order valence-corrected chi connectivity index (χ1v) is 10.0. The fourth-order valence-corrected chi connectivity index (χ4v) is 4.82. The fraction of sp³-hybridized carbons (Fsp3) is 0.682. The van der Waals surface area contributed by atoms with Crippen molar-refractivity contribution >= 4 is 5.97 Å². The Labute approximate surface area is 151 Å². The summed E-state index contributed by atoms with van der Waals surface area (Å²) in [6, 6.07) is 0. The van der Waals surface area contributed by atoms with Gasteiger partial charge in [0.05, 0.1) is 0 Å². The molecule has 1 fully saturated rings. The highest BCUT2D eigenvalue weighted by Crippen LogP contribution is 2.47. The van der Waals surface area contributed by atoms with Crippen LogP contribution in [0.2, 0.25) is 0 Å². The molecule has 0 aromatic heterocycles. The van der Waals surface area contributed by atoms with Gasteiger partial charge in [-0.25, -0.2) is 0 Å².